The Morgan fingerprint density at radius 2 is 1.96 bits per heavy atom. The van der Waals surface area contributed by atoms with Crippen LogP contribution in [-0.2, 0) is 34.7 Å². The summed E-state index contributed by atoms with van der Waals surface area (Å²) in [7, 11) is -2.27. The molecule has 1 aliphatic carbocycles. The van der Waals surface area contributed by atoms with E-state index in [0.717, 1.165) is 30.4 Å². The van der Waals surface area contributed by atoms with Gasteiger partial charge in [-0.1, -0.05) is 6.07 Å². The molecule has 25 heavy (non-hydrogen) atoms. The Kier molecular flexibility index (Phi) is 4.42. The van der Waals surface area contributed by atoms with Crippen LogP contribution in [-0.4, -0.2) is 29.3 Å². The minimum atomic E-state index is -3.97. The first-order valence-electron chi connectivity index (χ1n) is 8.07. The van der Waals surface area contributed by atoms with Gasteiger partial charge in [0.1, 0.15) is 6.04 Å². The van der Waals surface area contributed by atoms with Gasteiger partial charge in [0.05, 0.1) is 10.6 Å². The number of aryl methyl sites for hydroxylation is 4. The third-order valence-electron chi connectivity index (χ3n) is 4.75. The smallest absolute Gasteiger partial charge is 0.326 e. The molecule has 1 aromatic carbocycles. The van der Waals surface area contributed by atoms with Gasteiger partial charge >= 0.3 is 5.97 Å². The molecule has 7 nitrogen and oxygen atoms in total. The van der Waals surface area contributed by atoms with Crippen molar-refractivity contribution < 1.29 is 18.3 Å². The van der Waals surface area contributed by atoms with Crippen molar-refractivity contribution in [1.82, 2.24) is 14.5 Å². The van der Waals surface area contributed by atoms with Gasteiger partial charge in [-0.3, -0.25) is 9.48 Å². The van der Waals surface area contributed by atoms with Crippen LogP contribution in [0.2, 0.25) is 0 Å². The Balaban J connectivity index is 1.98. The number of benzene rings is 1. The van der Waals surface area contributed by atoms with E-state index in [1.54, 1.807) is 31.6 Å². The van der Waals surface area contributed by atoms with Gasteiger partial charge in [0.25, 0.3) is 0 Å². The summed E-state index contributed by atoms with van der Waals surface area (Å²) in [6.45, 7) is 3.39. The molecule has 0 saturated carbocycles. The fraction of sp³-hybridized carbons (Fsp3) is 0.412. The van der Waals surface area contributed by atoms with Crippen LogP contribution in [0.5, 0.6) is 0 Å². The highest BCUT2D eigenvalue weighted by Gasteiger charge is 2.31. The standard InChI is InChI=1S/C17H21N3O4S/c1-10-15(11(2)20(3)18-10)16(17(21)22)19-25(23,24)14-8-7-12-5-4-6-13(12)9-14/h7-9,16,19H,4-6H2,1-3H3,(H,21,22). The van der Waals surface area contributed by atoms with Crippen molar-refractivity contribution in [1.29, 1.82) is 0 Å². The second-order valence-corrected chi connectivity index (χ2v) is 8.10. The lowest BCUT2D eigenvalue weighted by Gasteiger charge is -2.16. The van der Waals surface area contributed by atoms with Crippen LogP contribution in [0.15, 0.2) is 23.1 Å². The van der Waals surface area contributed by atoms with Gasteiger partial charge in [0.15, 0.2) is 0 Å². The molecule has 1 atom stereocenters. The molecular formula is C17H21N3O4S. The van der Waals surface area contributed by atoms with E-state index in [9.17, 15) is 18.3 Å². The van der Waals surface area contributed by atoms with Crippen LogP contribution in [0, 0.1) is 13.8 Å². The molecule has 0 amide bonds. The van der Waals surface area contributed by atoms with Crippen LogP contribution in [0.1, 0.15) is 40.5 Å². The number of carboxylic acid groups (broad SMARTS) is 1. The van der Waals surface area contributed by atoms with E-state index in [4.69, 9.17) is 0 Å². The second-order valence-electron chi connectivity index (χ2n) is 6.38. The first kappa shape index (κ1) is 17.6. The molecule has 8 heteroatoms. The number of rotatable bonds is 5. The first-order chi connectivity index (χ1) is 11.7. The van der Waals surface area contributed by atoms with Gasteiger partial charge < -0.3 is 5.11 Å². The molecule has 0 bridgehead atoms. The summed E-state index contributed by atoms with van der Waals surface area (Å²) in [6.07, 6.45) is 2.81. The third kappa shape index (κ3) is 3.19. The average molecular weight is 363 g/mol. The number of hydrogen-bond acceptors (Lipinski definition) is 4. The number of carboxylic acids is 1. The first-order valence-corrected chi connectivity index (χ1v) is 9.56. The van der Waals surface area contributed by atoms with Crippen LogP contribution in [0.25, 0.3) is 0 Å². The topological polar surface area (TPSA) is 101 Å². The number of hydrogen-bond donors (Lipinski definition) is 2. The molecule has 0 aliphatic heterocycles. The molecule has 2 N–H and O–H groups in total. The van der Waals surface area contributed by atoms with Gasteiger partial charge in [0.2, 0.25) is 10.0 Å². The average Bonchev–Trinajstić information content (AvgIpc) is 3.09. The van der Waals surface area contributed by atoms with Crippen LogP contribution in [0.4, 0.5) is 0 Å². The number of nitrogens with one attached hydrogen (secondary N) is 1. The Labute approximate surface area is 146 Å². The van der Waals surface area contributed by atoms with E-state index >= 15 is 0 Å². The number of aromatic nitrogens is 2. The van der Waals surface area contributed by atoms with Crippen molar-refractivity contribution in [3.05, 3.63) is 46.3 Å². The van der Waals surface area contributed by atoms with E-state index < -0.39 is 22.0 Å². The summed E-state index contributed by atoms with van der Waals surface area (Å²) in [6, 6.07) is 3.61. The summed E-state index contributed by atoms with van der Waals surface area (Å²) in [4.78, 5) is 11.8. The largest absolute Gasteiger partial charge is 0.480 e. The molecule has 1 heterocycles. The normalized spacial score (nSPS) is 15.2. The quantitative estimate of drug-likeness (QED) is 0.841. The van der Waals surface area contributed by atoms with Crippen molar-refractivity contribution in [2.75, 3.05) is 0 Å². The highest BCUT2D eigenvalue weighted by atomic mass is 32.2. The SMILES string of the molecule is Cc1nn(C)c(C)c1C(NS(=O)(=O)c1ccc2c(c1)CCC2)C(=O)O. The highest BCUT2D eigenvalue weighted by molar-refractivity contribution is 7.89. The molecule has 0 radical (unpaired) electrons. The summed E-state index contributed by atoms with van der Waals surface area (Å²) in [5, 5.41) is 13.8. The molecule has 0 saturated heterocycles. The van der Waals surface area contributed by atoms with Crippen LogP contribution in [0.3, 0.4) is 0 Å². The fourth-order valence-corrected chi connectivity index (χ4v) is 4.59. The fourth-order valence-electron chi connectivity index (χ4n) is 3.38. The Morgan fingerprint density at radius 3 is 2.56 bits per heavy atom. The molecule has 1 unspecified atom stereocenters. The minimum absolute atomic E-state index is 0.0959. The predicted molar refractivity (Wildman–Crippen MR) is 91.8 cm³/mol. The maximum atomic E-state index is 12.7. The van der Waals surface area contributed by atoms with E-state index in [2.05, 4.69) is 9.82 Å². The van der Waals surface area contributed by atoms with Gasteiger partial charge in [0, 0.05) is 18.3 Å². The van der Waals surface area contributed by atoms with E-state index in [0.29, 0.717) is 17.0 Å². The number of carbonyl (C=O) groups is 1. The van der Waals surface area contributed by atoms with E-state index in [-0.39, 0.29) is 4.90 Å². The van der Waals surface area contributed by atoms with Gasteiger partial charge in [-0.15, -0.1) is 0 Å². The second kappa shape index (κ2) is 6.27. The van der Waals surface area contributed by atoms with Crippen molar-refractivity contribution in [3.8, 4) is 0 Å². The van der Waals surface area contributed by atoms with Crippen molar-refractivity contribution in [3.63, 3.8) is 0 Å². The molecule has 0 spiro atoms. The summed E-state index contributed by atoms with van der Waals surface area (Å²) >= 11 is 0. The summed E-state index contributed by atoms with van der Waals surface area (Å²) in [5.74, 6) is -1.26. The third-order valence-corrected chi connectivity index (χ3v) is 6.17. The van der Waals surface area contributed by atoms with Gasteiger partial charge in [-0.05, 0) is 56.4 Å². The molecule has 134 valence electrons. The zero-order valence-electron chi connectivity index (χ0n) is 14.4. The van der Waals surface area contributed by atoms with Crippen LogP contribution >= 0.6 is 0 Å². The number of fused-ring (bicyclic) bond motifs is 1. The lowest BCUT2D eigenvalue weighted by molar-refractivity contribution is -0.139. The highest BCUT2D eigenvalue weighted by Crippen LogP contribution is 2.27. The predicted octanol–water partition coefficient (Wildman–Crippen LogP) is 1.63. The minimum Gasteiger partial charge on any atom is -0.480 e. The number of sulfonamides is 1. The Hall–Kier alpha value is -2.19. The molecule has 3 rings (SSSR count). The van der Waals surface area contributed by atoms with E-state index in [1.807, 2.05) is 6.07 Å². The Bertz CT molecular complexity index is 947. The van der Waals surface area contributed by atoms with E-state index in [1.165, 1.54) is 6.07 Å². The molecule has 0 fully saturated rings. The number of aliphatic carboxylic acids is 1. The summed E-state index contributed by atoms with van der Waals surface area (Å²) in [5.41, 5.74) is 3.65. The lowest BCUT2D eigenvalue weighted by atomic mass is 10.1. The molecule has 1 aliphatic rings. The van der Waals surface area contributed by atoms with Crippen molar-refractivity contribution in [2.24, 2.45) is 7.05 Å². The number of nitrogens with zero attached hydrogens (tertiary/aromatic N) is 2. The summed E-state index contributed by atoms with van der Waals surface area (Å²) < 4.78 is 29.4. The maximum absolute atomic E-state index is 12.7. The molecule has 2 aromatic rings. The maximum Gasteiger partial charge on any atom is 0.326 e. The molecule has 1 aromatic heterocycles. The Morgan fingerprint density at radius 1 is 1.28 bits per heavy atom. The van der Waals surface area contributed by atoms with Crippen molar-refractivity contribution in [2.45, 2.75) is 44.0 Å². The molecular weight excluding hydrogens is 342 g/mol. The zero-order chi connectivity index (χ0) is 18.4. The van der Waals surface area contributed by atoms with Gasteiger partial charge in [-0.2, -0.15) is 9.82 Å². The van der Waals surface area contributed by atoms with Crippen LogP contribution < -0.4 is 4.72 Å². The van der Waals surface area contributed by atoms with Gasteiger partial charge in [-0.25, -0.2) is 8.42 Å². The van der Waals surface area contributed by atoms with Crippen molar-refractivity contribution >= 4 is 16.0 Å². The monoisotopic (exact) mass is 363 g/mol. The zero-order valence-corrected chi connectivity index (χ0v) is 15.2. The lowest BCUT2D eigenvalue weighted by Crippen LogP contribution is -2.34.